The van der Waals surface area contributed by atoms with Crippen molar-refractivity contribution >= 4 is 37.8 Å². The summed E-state index contributed by atoms with van der Waals surface area (Å²) in [7, 11) is 0. The molecule has 2 aromatic rings. The lowest BCUT2D eigenvalue weighted by molar-refractivity contribution is -0.119. The minimum atomic E-state index is 0.0878. The minimum absolute atomic E-state index is 0.0878. The van der Waals surface area contributed by atoms with Crippen LogP contribution in [0.3, 0.4) is 0 Å². The van der Waals surface area contributed by atoms with Crippen LogP contribution in [0.1, 0.15) is 23.6 Å². The highest BCUT2D eigenvalue weighted by Gasteiger charge is 2.35. The Balaban J connectivity index is 1.87. The number of aromatic nitrogens is 1. The fourth-order valence-electron chi connectivity index (χ4n) is 2.75. The third-order valence-electron chi connectivity index (χ3n) is 3.72. The Kier molecular flexibility index (Phi) is 4.40. The van der Waals surface area contributed by atoms with Crippen LogP contribution in [0.4, 0.5) is 0 Å². The van der Waals surface area contributed by atoms with Crippen molar-refractivity contribution in [1.82, 2.24) is 10.3 Å². The first kappa shape index (κ1) is 14.7. The number of carbonyl (C=O) groups is 1. The van der Waals surface area contributed by atoms with Crippen LogP contribution in [-0.4, -0.2) is 16.9 Å². The molecular weight excluding hydrogens is 396 g/mol. The van der Waals surface area contributed by atoms with Crippen molar-refractivity contribution in [1.29, 1.82) is 0 Å². The van der Waals surface area contributed by atoms with Crippen molar-refractivity contribution in [2.75, 3.05) is 0 Å². The summed E-state index contributed by atoms with van der Waals surface area (Å²) >= 11 is 6.97. The molecule has 0 spiro atoms. The number of carbonyl (C=O) groups excluding carboxylic acids is 1. The van der Waals surface area contributed by atoms with E-state index in [1.165, 1.54) is 5.56 Å². The van der Waals surface area contributed by atoms with Gasteiger partial charge >= 0.3 is 0 Å². The van der Waals surface area contributed by atoms with E-state index in [1.807, 2.05) is 24.3 Å². The Morgan fingerprint density at radius 3 is 2.71 bits per heavy atom. The van der Waals surface area contributed by atoms with Crippen molar-refractivity contribution in [2.45, 2.75) is 24.8 Å². The van der Waals surface area contributed by atoms with Crippen molar-refractivity contribution in [3.63, 3.8) is 0 Å². The molecule has 0 saturated carbocycles. The first-order chi connectivity index (χ1) is 10.1. The molecule has 1 aliphatic heterocycles. The Bertz CT molecular complexity index is 661. The number of amides is 1. The number of nitrogens with one attached hydrogen (secondary N) is 1. The van der Waals surface area contributed by atoms with Gasteiger partial charge in [0.15, 0.2) is 0 Å². The van der Waals surface area contributed by atoms with Gasteiger partial charge in [-0.3, -0.25) is 9.78 Å². The number of rotatable bonds is 3. The van der Waals surface area contributed by atoms with E-state index >= 15 is 0 Å². The van der Waals surface area contributed by atoms with Crippen molar-refractivity contribution in [3.8, 4) is 0 Å². The number of benzene rings is 1. The zero-order chi connectivity index (χ0) is 14.8. The summed E-state index contributed by atoms with van der Waals surface area (Å²) in [4.78, 5) is 16.3. The van der Waals surface area contributed by atoms with Crippen molar-refractivity contribution in [3.05, 3.63) is 62.8 Å². The fraction of sp³-hybridized carbons (Fsp3) is 0.250. The highest BCUT2D eigenvalue weighted by molar-refractivity contribution is 9.11. The second kappa shape index (κ2) is 6.28. The predicted octanol–water partition coefficient (Wildman–Crippen LogP) is 3.82. The summed E-state index contributed by atoms with van der Waals surface area (Å²) in [5.74, 6) is 0.192. The Morgan fingerprint density at radius 1 is 1.24 bits per heavy atom. The molecule has 2 heterocycles. The van der Waals surface area contributed by atoms with Crippen LogP contribution in [-0.2, 0) is 11.2 Å². The average Bonchev–Trinajstić information content (AvgIpc) is 2.80. The topological polar surface area (TPSA) is 42.0 Å². The van der Waals surface area contributed by atoms with E-state index in [4.69, 9.17) is 0 Å². The Labute approximate surface area is 140 Å². The number of hydrogen-bond donors (Lipinski definition) is 1. The molecule has 2 atom stereocenters. The molecule has 1 aromatic heterocycles. The van der Waals surface area contributed by atoms with E-state index in [-0.39, 0.29) is 17.9 Å². The lowest BCUT2D eigenvalue weighted by Crippen LogP contribution is -2.30. The molecule has 1 saturated heterocycles. The first-order valence-corrected chi connectivity index (χ1v) is 8.36. The lowest BCUT2D eigenvalue weighted by Gasteiger charge is -2.19. The second-order valence-corrected chi connectivity index (χ2v) is 6.96. The highest BCUT2D eigenvalue weighted by atomic mass is 79.9. The molecule has 3 rings (SSSR count). The van der Waals surface area contributed by atoms with Crippen LogP contribution in [0, 0.1) is 0 Å². The van der Waals surface area contributed by atoms with Crippen LogP contribution in [0.2, 0.25) is 0 Å². The van der Waals surface area contributed by atoms with E-state index in [9.17, 15) is 4.79 Å². The molecule has 3 nitrogen and oxygen atoms in total. The van der Waals surface area contributed by atoms with Crippen LogP contribution < -0.4 is 5.32 Å². The van der Waals surface area contributed by atoms with Gasteiger partial charge in [-0.1, -0.05) is 30.3 Å². The van der Waals surface area contributed by atoms with Gasteiger partial charge < -0.3 is 5.32 Å². The van der Waals surface area contributed by atoms with Gasteiger partial charge in [0.25, 0.3) is 0 Å². The van der Waals surface area contributed by atoms with E-state index < -0.39 is 0 Å². The molecule has 0 bridgehead atoms. The molecule has 1 N–H and O–H groups in total. The largest absolute Gasteiger partial charge is 0.352 e. The van der Waals surface area contributed by atoms with Crippen molar-refractivity contribution < 1.29 is 4.79 Å². The minimum Gasteiger partial charge on any atom is -0.352 e. The zero-order valence-corrected chi connectivity index (χ0v) is 14.4. The predicted molar refractivity (Wildman–Crippen MR) is 89.1 cm³/mol. The quantitative estimate of drug-likeness (QED) is 0.837. The monoisotopic (exact) mass is 408 g/mol. The van der Waals surface area contributed by atoms with Gasteiger partial charge in [-0.15, -0.1) is 0 Å². The van der Waals surface area contributed by atoms with Gasteiger partial charge in [-0.25, -0.2) is 0 Å². The standard InChI is InChI=1S/C16H14Br2N2O/c17-11-7-13(18)16(19-9-11)12-8-15(21)20-14(12)6-10-4-2-1-3-5-10/h1-5,7,9,12,14H,6,8H2,(H,20,21). The molecule has 5 heteroatoms. The number of nitrogens with zero attached hydrogens (tertiary/aromatic N) is 1. The Morgan fingerprint density at radius 2 is 2.00 bits per heavy atom. The van der Waals surface area contributed by atoms with E-state index in [1.54, 1.807) is 6.20 Å². The lowest BCUT2D eigenvalue weighted by atomic mass is 9.91. The molecule has 1 aromatic carbocycles. The van der Waals surface area contributed by atoms with E-state index in [0.717, 1.165) is 21.1 Å². The number of hydrogen-bond acceptors (Lipinski definition) is 2. The average molecular weight is 410 g/mol. The molecular formula is C16H14Br2N2O. The zero-order valence-electron chi connectivity index (χ0n) is 11.2. The van der Waals surface area contributed by atoms with Crippen LogP contribution in [0.5, 0.6) is 0 Å². The maximum absolute atomic E-state index is 11.8. The SMILES string of the molecule is O=C1CC(c2ncc(Br)cc2Br)C(Cc2ccccc2)N1. The maximum atomic E-state index is 11.8. The summed E-state index contributed by atoms with van der Waals surface area (Å²) in [6.45, 7) is 0. The van der Waals surface area contributed by atoms with Crippen molar-refractivity contribution in [2.24, 2.45) is 0 Å². The summed E-state index contributed by atoms with van der Waals surface area (Å²) in [5.41, 5.74) is 2.17. The van der Waals surface area contributed by atoms with Gasteiger partial charge in [0, 0.05) is 33.5 Å². The van der Waals surface area contributed by atoms with Gasteiger partial charge in [-0.2, -0.15) is 0 Å². The summed E-state index contributed by atoms with van der Waals surface area (Å²) in [6.07, 6.45) is 3.09. The Hall–Kier alpha value is -1.20. The van der Waals surface area contributed by atoms with Gasteiger partial charge in [-0.05, 0) is 49.9 Å². The van der Waals surface area contributed by atoms with Crippen LogP contribution in [0.25, 0.3) is 0 Å². The van der Waals surface area contributed by atoms with Crippen LogP contribution >= 0.6 is 31.9 Å². The third kappa shape index (κ3) is 3.35. The molecule has 0 radical (unpaired) electrons. The number of halogens is 2. The maximum Gasteiger partial charge on any atom is 0.220 e. The molecule has 21 heavy (non-hydrogen) atoms. The number of pyridine rings is 1. The highest BCUT2D eigenvalue weighted by Crippen LogP contribution is 2.34. The second-order valence-electron chi connectivity index (χ2n) is 5.19. The molecule has 1 amide bonds. The molecule has 108 valence electrons. The first-order valence-electron chi connectivity index (χ1n) is 6.77. The van der Waals surface area contributed by atoms with E-state index in [2.05, 4.69) is 54.3 Å². The van der Waals surface area contributed by atoms with Crippen LogP contribution in [0.15, 0.2) is 51.5 Å². The van der Waals surface area contributed by atoms with Gasteiger partial charge in [0.1, 0.15) is 0 Å². The fourth-order valence-corrected chi connectivity index (χ4v) is 4.04. The van der Waals surface area contributed by atoms with Gasteiger partial charge in [0.2, 0.25) is 5.91 Å². The van der Waals surface area contributed by atoms with E-state index in [0.29, 0.717) is 6.42 Å². The van der Waals surface area contributed by atoms with Gasteiger partial charge in [0.05, 0.1) is 5.69 Å². The summed E-state index contributed by atoms with van der Waals surface area (Å²) in [6, 6.07) is 12.3. The summed E-state index contributed by atoms with van der Waals surface area (Å²) in [5, 5.41) is 3.08. The molecule has 1 fully saturated rings. The molecule has 1 aliphatic rings. The smallest absolute Gasteiger partial charge is 0.220 e. The third-order valence-corrected chi connectivity index (χ3v) is 4.79. The molecule has 0 aliphatic carbocycles. The summed E-state index contributed by atoms with van der Waals surface area (Å²) < 4.78 is 1.87. The molecule has 2 unspecified atom stereocenters. The normalized spacial score (nSPS) is 21.3.